The highest BCUT2D eigenvalue weighted by Crippen LogP contribution is 2.23. The third-order valence-electron chi connectivity index (χ3n) is 2.40. The molecule has 19 heavy (non-hydrogen) atoms. The van der Waals surface area contributed by atoms with E-state index in [1.54, 1.807) is 0 Å². The van der Waals surface area contributed by atoms with E-state index in [4.69, 9.17) is 14.9 Å². The minimum atomic E-state index is -1.30. The fourth-order valence-electron chi connectivity index (χ4n) is 1.39. The molecule has 0 saturated carbocycles. The van der Waals surface area contributed by atoms with Crippen molar-refractivity contribution in [3.05, 3.63) is 41.0 Å². The number of hydrogen-bond donors (Lipinski definition) is 2. The van der Waals surface area contributed by atoms with Gasteiger partial charge < -0.3 is 14.9 Å². The summed E-state index contributed by atoms with van der Waals surface area (Å²) in [5.41, 5.74) is -0.252. The zero-order chi connectivity index (χ0) is 14.7. The first-order valence-electron chi connectivity index (χ1n) is 5.23. The van der Waals surface area contributed by atoms with Gasteiger partial charge in [-0.2, -0.15) is 0 Å². The van der Waals surface area contributed by atoms with Crippen molar-refractivity contribution in [2.75, 3.05) is 0 Å². The van der Waals surface area contributed by atoms with Crippen LogP contribution >= 0.6 is 0 Å². The lowest BCUT2D eigenvalue weighted by Crippen LogP contribution is -2.12. The van der Waals surface area contributed by atoms with Gasteiger partial charge in [0.05, 0.1) is 11.1 Å². The number of hydrogen-bond acceptors (Lipinski definition) is 4. The molecule has 0 aliphatic heterocycles. The standard InChI is InChI=1S/C13H12O6/c1-6(2)13(18)19-8-4-9(11(14)15)7(3)10(5-8)12(16)17/h4-5H,1H2,2-3H3,(H,14,15)(H,16,17). The summed E-state index contributed by atoms with van der Waals surface area (Å²) in [7, 11) is 0. The highest BCUT2D eigenvalue weighted by atomic mass is 16.5. The lowest BCUT2D eigenvalue weighted by Gasteiger charge is -2.09. The van der Waals surface area contributed by atoms with Crippen LogP contribution in [0.2, 0.25) is 0 Å². The Balaban J connectivity index is 3.34. The number of esters is 1. The van der Waals surface area contributed by atoms with Gasteiger partial charge in [0.15, 0.2) is 0 Å². The largest absolute Gasteiger partial charge is 0.478 e. The predicted molar refractivity (Wildman–Crippen MR) is 65.5 cm³/mol. The normalized spacial score (nSPS) is 9.79. The van der Waals surface area contributed by atoms with Crippen molar-refractivity contribution in [2.45, 2.75) is 13.8 Å². The Morgan fingerprint density at radius 1 is 1.11 bits per heavy atom. The van der Waals surface area contributed by atoms with Gasteiger partial charge in [-0.3, -0.25) is 0 Å². The van der Waals surface area contributed by atoms with E-state index in [9.17, 15) is 14.4 Å². The molecule has 0 saturated heterocycles. The van der Waals surface area contributed by atoms with Crippen molar-refractivity contribution >= 4 is 17.9 Å². The quantitative estimate of drug-likeness (QED) is 0.489. The van der Waals surface area contributed by atoms with Crippen molar-refractivity contribution in [1.29, 1.82) is 0 Å². The Hall–Kier alpha value is -2.63. The van der Waals surface area contributed by atoms with Gasteiger partial charge in [-0.1, -0.05) is 6.58 Å². The van der Waals surface area contributed by atoms with Gasteiger partial charge in [0.25, 0.3) is 0 Å². The van der Waals surface area contributed by atoms with Crippen molar-refractivity contribution in [3.8, 4) is 5.75 Å². The summed E-state index contributed by atoms with van der Waals surface area (Å²) in [6.45, 7) is 6.17. The van der Waals surface area contributed by atoms with E-state index in [1.165, 1.54) is 13.8 Å². The van der Waals surface area contributed by atoms with Crippen molar-refractivity contribution in [3.63, 3.8) is 0 Å². The van der Waals surface area contributed by atoms with E-state index in [1.807, 2.05) is 0 Å². The van der Waals surface area contributed by atoms with E-state index >= 15 is 0 Å². The van der Waals surface area contributed by atoms with Crippen molar-refractivity contribution in [2.24, 2.45) is 0 Å². The Morgan fingerprint density at radius 3 is 1.84 bits per heavy atom. The second-order valence-electron chi connectivity index (χ2n) is 3.92. The highest BCUT2D eigenvalue weighted by molar-refractivity contribution is 5.98. The number of carboxylic acid groups (broad SMARTS) is 2. The van der Waals surface area contributed by atoms with Crippen LogP contribution in [-0.4, -0.2) is 28.1 Å². The molecular weight excluding hydrogens is 252 g/mol. The fraction of sp³-hybridized carbons (Fsp3) is 0.154. The number of carbonyl (C=O) groups excluding carboxylic acids is 1. The Kier molecular flexibility index (Phi) is 4.06. The molecule has 100 valence electrons. The topological polar surface area (TPSA) is 101 Å². The molecule has 6 heteroatoms. The first-order chi connectivity index (χ1) is 8.73. The Labute approximate surface area is 108 Å². The van der Waals surface area contributed by atoms with E-state index in [0.29, 0.717) is 0 Å². The van der Waals surface area contributed by atoms with Crippen LogP contribution in [0.1, 0.15) is 33.2 Å². The van der Waals surface area contributed by atoms with Gasteiger partial charge in [0.1, 0.15) is 5.75 Å². The fourth-order valence-corrected chi connectivity index (χ4v) is 1.39. The molecule has 0 spiro atoms. The molecule has 0 bridgehead atoms. The summed E-state index contributed by atoms with van der Waals surface area (Å²) < 4.78 is 4.85. The summed E-state index contributed by atoms with van der Waals surface area (Å²) in [6, 6.07) is 2.20. The van der Waals surface area contributed by atoms with Crippen molar-refractivity contribution < 1.29 is 29.3 Å². The molecule has 0 fully saturated rings. The van der Waals surface area contributed by atoms with E-state index < -0.39 is 17.9 Å². The molecule has 0 heterocycles. The third kappa shape index (κ3) is 3.19. The maximum absolute atomic E-state index is 11.3. The summed E-state index contributed by atoms with van der Waals surface area (Å²) in [4.78, 5) is 33.4. The van der Waals surface area contributed by atoms with E-state index in [-0.39, 0.29) is 28.0 Å². The van der Waals surface area contributed by atoms with E-state index in [0.717, 1.165) is 12.1 Å². The van der Waals surface area contributed by atoms with Crippen LogP contribution in [0.25, 0.3) is 0 Å². The van der Waals surface area contributed by atoms with Gasteiger partial charge >= 0.3 is 17.9 Å². The zero-order valence-electron chi connectivity index (χ0n) is 10.4. The van der Waals surface area contributed by atoms with Crippen LogP contribution in [0.4, 0.5) is 0 Å². The van der Waals surface area contributed by atoms with Crippen LogP contribution in [0.5, 0.6) is 5.75 Å². The van der Waals surface area contributed by atoms with Crippen LogP contribution in [0, 0.1) is 6.92 Å². The molecule has 6 nitrogen and oxygen atoms in total. The number of rotatable bonds is 4. The van der Waals surface area contributed by atoms with Crippen LogP contribution in [0.15, 0.2) is 24.3 Å². The smallest absolute Gasteiger partial charge is 0.338 e. The maximum atomic E-state index is 11.3. The lowest BCUT2D eigenvalue weighted by molar-refractivity contribution is -0.130. The van der Waals surface area contributed by atoms with Crippen LogP contribution in [-0.2, 0) is 4.79 Å². The summed E-state index contributed by atoms with van der Waals surface area (Å²) >= 11 is 0. The van der Waals surface area contributed by atoms with Gasteiger partial charge in [0, 0.05) is 5.57 Å². The molecule has 0 radical (unpaired) electrons. The summed E-state index contributed by atoms with van der Waals surface area (Å²) in [5, 5.41) is 18.0. The minimum absolute atomic E-state index is 0.0927. The maximum Gasteiger partial charge on any atom is 0.338 e. The second kappa shape index (κ2) is 5.34. The highest BCUT2D eigenvalue weighted by Gasteiger charge is 2.19. The average molecular weight is 264 g/mol. The first kappa shape index (κ1) is 14.4. The molecule has 0 aromatic heterocycles. The molecular formula is C13H12O6. The molecule has 0 aliphatic rings. The molecule has 0 unspecified atom stereocenters. The molecule has 0 amide bonds. The van der Waals surface area contributed by atoms with Gasteiger partial charge in [0.2, 0.25) is 0 Å². The van der Waals surface area contributed by atoms with Gasteiger partial charge in [-0.05, 0) is 31.5 Å². The molecule has 1 rings (SSSR count). The van der Waals surface area contributed by atoms with Gasteiger partial charge in [-0.15, -0.1) is 0 Å². The number of carbonyl (C=O) groups is 3. The number of benzene rings is 1. The van der Waals surface area contributed by atoms with Crippen LogP contribution < -0.4 is 4.74 Å². The van der Waals surface area contributed by atoms with E-state index in [2.05, 4.69) is 6.58 Å². The molecule has 0 aliphatic carbocycles. The minimum Gasteiger partial charge on any atom is -0.478 e. The molecule has 2 N–H and O–H groups in total. The summed E-state index contributed by atoms with van der Waals surface area (Å²) in [6.07, 6.45) is 0. The second-order valence-corrected chi connectivity index (χ2v) is 3.92. The molecule has 0 atom stereocenters. The Bertz CT molecular complexity index is 550. The lowest BCUT2D eigenvalue weighted by atomic mass is 10.0. The predicted octanol–water partition coefficient (Wildman–Crippen LogP) is 1.87. The Morgan fingerprint density at radius 2 is 1.53 bits per heavy atom. The molecule has 1 aromatic rings. The third-order valence-corrected chi connectivity index (χ3v) is 2.40. The molecule has 1 aromatic carbocycles. The number of ether oxygens (including phenoxy) is 1. The van der Waals surface area contributed by atoms with Crippen molar-refractivity contribution in [1.82, 2.24) is 0 Å². The number of aromatic carboxylic acids is 2. The first-order valence-corrected chi connectivity index (χ1v) is 5.23. The number of carboxylic acids is 2. The average Bonchev–Trinajstić information content (AvgIpc) is 2.30. The summed E-state index contributed by atoms with van der Waals surface area (Å²) in [5.74, 6) is -3.49. The SMILES string of the molecule is C=C(C)C(=O)Oc1cc(C(=O)O)c(C)c(C(=O)O)c1. The van der Waals surface area contributed by atoms with Crippen LogP contribution in [0.3, 0.4) is 0 Å². The monoisotopic (exact) mass is 264 g/mol. The van der Waals surface area contributed by atoms with Gasteiger partial charge in [-0.25, -0.2) is 14.4 Å². The zero-order valence-corrected chi connectivity index (χ0v) is 10.4.